The predicted octanol–water partition coefficient (Wildman–Crippen LogP) is 3.33. The van der Waals surface area contributed by atoms with Crippen LogP contribution in [-0.2, 0) is 10.2 Å². The number of aromatic nitrogens is 2. The van der Waals surface area contributed by atoms with Gasteiger partial charge in [0.1, 0.15) is 17.4 Å². The van der Waals surface area contributed by atoms with Crippen molar-refractivity contribution in [3.8, 4) is 5.75 Å². The molecule has 2 aromatic rings. The van der Waals surface area contributed by atoms with E-state index in [4.69, 9.17) is 4.98 Å². The average molecular weight is 354 g/mol. The van der Waals surface area contributed by atoms with Gasteiger partial charge < -0.3 is 15.3 Å². The third kappa shape index (κ3) is 4.12. The summed E-state index contributed by atoms with van der Waals surface area (Å²) in [7, 11) is 0. The maximum Gasteiger partial charge on any atom is 0.227 e. The van der Waals surface area contributed by atoms with Gasteiger partial charge in [-0.2, -0.15) is 0 Å². The van der Waals surface area contributed by atoms with Crippen LogP contribution in [0.25, 0.3) is 0 Å². The second kappa shape index (κ2) is 7.32. The molecule has 0 radical (unpaired) electrons. The van der Waals surface area contributed by atoms with Crippen molar-refractivity contribution in [1.29, 1.82) is 0 Å². The highest BCUT2D eigenvalue weighted by Gasteiger charge is 2.27. The van der Waals surface area contributed by atoms with Gasteiger partial charge in [0.05, 0.1) is 5.69 Å². The second-order valence-electron chi connectivity index (χ2n) is 7.76. The van der Waals surface area contributed by atoms with Crippen LogP contribution >= 0.6 is 0 Å². The maximum absolute atomic E-state index is 12.5. The van der Waals surface area contributed by atoms with Crippen LogP contribution in [0.1, 0.15) is 39.4 Å². The van der Waals surface area contributed by atoms with E-state index < -0.39 is 0 Å². The Morgan fingerprint density at radius 2 is 1.88 bits per heavy atom. The molecule has 0 bridgehead atoms. The van der Waals surface area contributed by atoms with E-state index in [9.17, 15) is 9.90 Å². The van der Waals surface area contributed by atoms with Gasteiger partial charge in [-0.25, -0.2) is 9.97 Å². The van der Waals surface area contributed by atoms with Crippen molar-refractivity contribution in [3.63, 3.8) is 0 Å². The van der Waals surface area contributed by atoms with Crippen molar-refractivity contribution in [2.24, 2.45) is 5.92 Å². The molecule has 1 saturated heterocycles. The number of amides is 1. The van der Waals surface area contributed by atoms with Gasteiger partial charge in [0.15, 0.2) is 0 Å². The van der Waals surface area contributed by atoms with Crippen LogP contribution in [0.4, 0.5) is 11.5 Å². The molecular formula is C20H26N4O2. The van der Waals surface area contributed by atoms with Crippen LogP contribution in [-0.4, -0.2) is 34.1 Å². The van der Waals surface area contributed by atoms with Crippen molar-refractivity contribution < 1.29 is 9.90 Å². The van der Waals surface area contributed by atoms with Gasteiger partial charge in [0.25, 0.3) is 0 Å². The Hall–Kier alpha value is -2.63. The molecule has 0 unspecified atom stereocenters. The number of rotatable bonds is 3. The quantitative estimate of drug-likeness (QED) is 0.827. The molecule has 1 fully saturated rings. The first-order valence-corrected chi connectivity index (χ1v) is 9.02. The zero-order chi connectivity index (χ0) is 18.7. The number of aromatic hydroxyl groups is 1. The van der Waals surface area contributed by atoms with Gasteiger partial charge in [-0.3, -0.25) is 4.79 Å². The van der Waals surface area contributed by atoms with Gasteiger partial charge in [-0.05, 0) is 31.0 Å². The molecule has 1 amide bonds. The zero-order valence-corrected chi connectivity index (χ0v) is 15.6. The number of piperidine rings is 1. The van der Waals surface area contributed by atoms with Crippen molar-refractivity contribution in [3.05, 3.63) is 42.4 Å². The summed E-state index contributed by atoms with van der Waals surface area (Å²) >= 11 is 0. The van der Waals surface area contributed by atoms with Crippen LogP contribution in [0, 0.1) is 5.92 Å². The zero-order valence-electron chi connectivity index (χ0n) is 15.6. The first-order valence-electron chi connectivity index (χ1n) is 9.02. The first kappa shape index (κ1) is 18.2. The maximum atomic E-state index is 12.5. The fourth-order valence-electron chi connectivity index (χ4n) is 3.07. The summed E-state index contributed by atoms with van der Waals surface area (Å²) in [6.45, 7) is 7.85. The van der Waals surface area contributed by atoms with Crippen LogP contribution in [0.3, 0.4) is 0 Å². The SMILES string of the molecule is CC(C)(C)c1nccc(N2CCC(C(=O)Nc3ccccc3O)CC2)n1. The topological polar surface area (TPSA) is 78.4 Å². The Morgan fingerprint density at radius 3 is 2.54 bits per heavy atom. The van der Waals surface area contributed by atoms with Crippen LogP contribution in [0.15, 0.2) is 36.5 Å². The largest absolute Gasteiger partial charge is 0.506 e. The molecule has 2 heterocycles. The van der Waals surface area contributed by atoms with Gasteiger partial charge >= 0.3 is 0 Å². The molecule has 1 aliphatic rings. The number of phenolic OH excluding ortho intramolecular Hbond substituents is 1. The highest BCUT2D eigenvalue weighted by Crippen LogP contribution is 2.27. The van der Waals surface area contributed by atoms with E-state index in [-0.39, 0.29) is 23.0 Å². The summed E-state index contributed by atoms with van der Waals surface area (Å²) < 4.78 is 0. The molecule has 0 aliphatic carbocycles. The predicted molar refractivity (Wildman–Crippen MR) is 102 cm³/mol. The molecule has 0 saturated carbocycles. The molecule has 3 rings (SSSR count). The highest BCUT2D eigenvalue weighted by atomic mass is 16.3. The lowest BCUT2D eigenvalue weighted by Crippen LogP contribution is -2.38. The third-order valence-electron chi connectivity index (χ3n) is 4.66. The van der Waals surface area contributed by atoms with E-state index in [2.05, 4.69) is 36.0 Å². The lowest BCUT2D eigenvalue weighted by atomic mass is 9.95. The number of carbonyl (C=O) groups excluding carboxylic acids is 1. The summed E-state index contributed by atoms with van der Waals surface area (Å²) in [6, 6.07) is 8.73. The van der Waals surface area contributed by atoms with Crippen molar-refractivity contribution in [2.45, 2.75) is 39.0 Å². The summed E-state index contributed by atoms with van der Waals surface area (Å²) in [4.78, 5) is 23.8. The molecule has 0 spiro atoms. The molecule has 26 heavy (non-hydrogen) atoms. The number of hydrogen-bond donors (Lipinski definition) is 2. The number of nitrogens with one attached hydrogen (secondary N) is 1. The van der Waals surface area contributed by atoms with E-state index in [1.54, 1.807) is 30.5 Å². The van der Waals surface area contributed by atoms with Gasteiger partial charge in [-0.15, -0.1) is 0 Å². The molecule has 2 N–H and O–H groups in total. The lowest BCUT2D eigenvalue weighted by Gasteiger charge is -2.32. The Labute approximate surface area is 154 Å². The summed E-state index contributed by atoms with van der Waals surface area (Å²) in [6.07, 6.45) is 3.32. The highest BCUT2D eigenvalue weighted by molar-refractivity contribution is 5.94. The van der Waals surface area contributed by atoms with E-state index in [1.165, 1.54) is 0 Å². The molecule has 6 heteroatoms. The minimum Gasteiger partial charge on any atom is -0.506 e. The number of carbonyl (C=O) groups is 1. The summed E-state index contributed by atoms with van der Waals surface area (Å²) in [5, 5.41) is 12.6. The normalized spacial score (nSPS) is 15.7. The van der Waals surface area contributed by atoms with Crippen molar-refractivity contribution in [2.75, 3.05) is 23.3 Å². The van der Waals surface area contributed by atoms with E-state index >= 15 is 0 Å². The van der Waals surface area contributed by atoms with Crippen molar-refractivity contribution >= 4 is 17.4 Å². The number of para-hydroxylation sites is 2. The van der Waals surface area contributed by atoms with Crippen molar-refractivity contribution in [1.82, 2.24) is 9.97 Å². The van der Waals surface area contributed by atoms with Crippen LogP contribution in [0.5, 0.6) is 5.75 Å². The first-order chi connectivity index (χ1) is 12.3. The lowest BCUT2D eigenvalue weighted by molar-refractivity contribution is -0.120. The molecular weight excluding hydrogens is 328 g/mol. The van der Waals surface area contributed by atoms with Gasteiger partial charge in [0.2, 0.25) is 5.91 Å². The number of nitrogens with zero attached hydrogens (tertiary/aromatic N) is 3. The summed E-state index contributed by atoms with van der Waals surface area (Å²) in [5.74, 6) is 1.74. The third-order valence-corrected chi connectivity index (χ3v) is 4.66. The van der Waals surface area contributed by atoms with Gasteiger partial charge in [-0.1, -0.05) is 32.9 Å². The van der Waals surface area contributed by atoms with Gasteiger partial charge in [0, 0.05) is 30.6 Å². The Kier molecular flexibility index (Phi) is 5.11. The summed E-state index contributed by atoms with van der Waals surface area (Å²) in [5.41, 5.74) is 0.372. The Balaban J connectivity index is 1.61. The Morgan fingerprint density at radius 1 is 1.19 bits per heavy atom. The number of phenols is 1. The monoisotopic (exact) mass is 354 g/mol. The van der Waals surface area contributed by atoms with Crippen LogP contribution in [0.2, 0.25) is 0 Å². The average Bonchev–Trinajstić information content (AvgIpc) is 2.63. The smallest absolute Gasteiger partial charge is 0.227 e. The standard InChI is InChI=1S/C20H26N4O2/c1-20(2,3)19-21-11-8-17(23-19)24-12-9-14(10-13-24)18(26)22-15-6-4-5-7-16(15)25/h4-8,11,14,25H,9-10,12-13H2,1-3H3,(H,22,26). The molecule has 1 aliphatic heterocycles. The minimum atomic E-state index is -0.0914. The molecule has 0 atom stereocenters. The van der Waals surface area contributed by atoms with E-state index in [1.807, 2.05) is 6.07 Å². The second-order valence-corrected chi connectivity index (χ2v) is 7.76. The van der Waals surface area contributed by atoms with Crippen LogP contribution < -0.4 is 10.2 Å². The number of hydrogen-bond acceptors (Lipinski definition) is 5. The molecule has 1 aromatic carbocycles. The molecule has 1 aromatic heterocycles. The Bertz CT molecular complexity index is 777. The molecule has 6 nitrogen and oxygen atoms in total. The van der Waals surface area contributed by atoms with E-state index in [0.29, 0.717) is 5.69 Å². The number of benzene rings is 1. The minimum absolute atomic E-state index is 0.0378. The fourth-order valence-corrected chi connectivity index (χ4v) is 3.07. The molecule has 138 valence electrons. The van der Waals surface area contributed by atoms with E-state index in [0.717, 1.165) is 37.6 Å². The fraction of sp³-hybridized carbons (Fsp3) is 0.450. The number of anilines is 2.